The highest BCUT2D eigenvalue weighted by molar-refractivity contribution is 9.10. The van der Waals surface area contributed by atoms with Crippen LogP contribution >= 0.6 is 15.9 Å². The number of benzene rings is 2. The van der Waals surface area contributed by atoms with Crippen molar-refractivity contribution in [2.24, 2.45) is 0 Å². The third-order valence-corrected chi connectivity index (χ3v) is 5.44. The molecule has 7 nitrogen and oxygen atoms in total. The number of hydrogen-bond donors (Lipinski definition) is 1. The Morgan fingerprint density at radius 1 is 1.16 bits per heavy atom. The fraction of sp³-hybridized carbons (Fsp3) is 0.217. The average molecular weight is 485 g/mol. The van der Waals surface area contributed by atoms with Crippen molar-refractivity contribution < 1.29 is 23.5 Å². The number of amides is 2. The molecule has 0 spiro atoms. The van der Waals surface area contributed by atoms with Crippen LogP contribution in [0, 0.1) is 0 Å². The summed E-state index contributed by atoms with van der Waals surface area (Å²) in [6, 6.07) is 12.7. The second-order valence-corrected chi connectivity index (χ2v) is 7.83. The van der Waals surface area contributed by atoms with E-state index in [0.29, 0.717) is 48.7 Å². The molecular weight excluding hydrogens is 464 g/mol. The predicted octanol–water partition coefficient (Wildman–Crippen LogP) is 4.33. The first-order valence-electron chi connectivity index (χ1n) is 9.78. The van der Waals surface area contributed by atoms with Crippen LogP contribution in [0.1, 0.15) is 16.1 Å². The SMILES string of the molecule is COc1ccc(Br)cc1/C=C/C(=O)Nc1c(C(=O)N2CCOCC2)oc2ccccc12. The molecule has 0 radical (unpaired) electrons. The lowest BCUT2D eigenvalue weighted by atomic mass is 10.1. The lowest BCUT2D eigenvalue weighted by Gasteiger charge is -2.26. The summed E-state index contributed by atoms with van der Waals surface area (Å²) in [4.78, 5) is 27.4. The average Bonchev–Trinajstić information content (AvgIpc) is 3.16. The molecule has 2 aromatic carbocycles. The molecule has 8 heteroatoms. The van der Waals surface area contributed by atoms with E-state index in [4.69, 9.17) is 13.9 Å². The molecule has 4 rings (SSSR count). The molecular formula is C23H21BrN2O5. The number of halogens is 1. The molecule has 1 fully saturated rings. The van der Waals surface area contributed by atoms with Gasteiger partial charge in [0.05, 0.1) is 20.3 Å². The van der Waals surface area contributed by atoms with Gasteiger partial charge in [-0.2, -0.15) is 0 Å². The zero-order valence-corrected chi connectivity index (χ0v) is 18.5. The molecule has 0 saturated carbocycles. The number of morpholine rings is 1. The first kappa shape index (κ1) is 21.1. The Morgan fingerprint density at radius 3 is 2.71 bits per heavy atom. The van der Waals surface area contributed by atoms with Crippen molar-refractivity contribution in [1.29, 1.82) is 0 Å². The van der Waals surface area contributed by atoms with Crippen LogP contribution in [0.2, 0.25) is 0 Å². The second-order valence-electron chi connectivity index (χ2n) is 6.92. The second kappa shape index (κ2) is 9.36. The third-order valence-electron chi connectivity index (χ3n) is 4.94. The van der Waals surface area contributed by atoms with Gasteiger partial charge in [-0.05, 0) is 36.4 Å². The van der Waals surface area contributed by atoms with E-state index in [0.717, 1.165) is 10.0 Å². The van der Waals surface area contributed by atoms with Gasteiger partial charge < -0.3 is 24.1 Å². The van der Waals surface area contributed by atoms with Gasteiger partial charge in [0.25, 0.3) is 5.91 Å². The molecule has 1 aromatic heterocycles. The standard InChI is InChI=1S/C23H21BrN2O5/c1-29-18-8-7-16(24)14-15(18)6-9-20(27)25-21-17-4-2-3-5-19(17)31-22(21)23(28)26-10-12-30-13-11-26/h2-9,14H,10-13H2,1H3,(H,25,27)/b9-6+. The molecule has 0 bridgehead atoms. The number of furan rings is 1. The number of ether oxygens (including phenoxy) is 2. The summed E-state index contributed by atoms with van der Waals surface area (Å²) in [5.74, 6) is 0.103. The number of carbonyl (C=O) groups excluding carboxylic acids is 2. The van der Waals surface area contributed by atoms with Gasteiger partial charge in [0.2, 0.25) is 11.7 Å². The Labute approximate surface area is 187 Å². The number of rotatable bonds is 5. The van der Waals surface area contributed by atoms with Crippen LogP contribution in [0.25, 0.3) is 17.0 Å². The van der Waals surface area contributed by atoms with Gasteiger partial charge in [-0.1, -0.05) is 28.1 Å². The minimum absolute atomic E-state index is 0.116. The van der Waals surface area contributed by atoms with Crippen molar-refractivity contribution in [3.63, 3.8) is 0 Å². The molecule has 1 saturated heterocycles. The largest absolute Gasteiger partial charge is 0.496 e. The van der Waals surface area contributed by atoms with E-state index < -0.39 is 0 Å². The van der Waals surface area contributed by atoms with E-state index in [9.17, 15) is 9.59 Å². The fourth-order valence-corrected chi connectivity index (χ4v) is 3.77. The highest BCUT2D eigenvalue weighted by Gasteiger charge is 2.27. The first-order valence-corrected chi connectivity index (χ1v) is 10.6. The van der Waals surface area contributed by atoms with Gasteiger partial charge in [0.15, 0.2) is 0 Å². The molecule has 0 unspecified atom stereocenters. The number of hydrogen-bond acceptors (Lipinski definition) is 5. The summed E-state index contributed by atoms with van der Waals surface area (Å²) in [6.07, 6.45) is 3.06. The van der Waals surface area contributed by atoms with Crippen LogP contribution in [0.3, 0.4) is 0 Å². The summed E-state index contributed by atoms with van der Waals surface area (Å²) in [6.45, 7) is 1.91. The van der Waals surface area contributed by atoms with Gasteiger partial charge in [0.1, 0.15) is 17.0 Å². The summed E-state index contributed by atoms with van der Waals surface area (Å²) in [5.41, 5.74) is 1.64. The van der Waals surface area contributed by atoms with Crippen molar-refractivity contribution in [3.05, 3.63) is 64.3 Å². The number of fused-ring (bicyclic) bond motifs is 1. The quantitative estimate of drug-likeness (QED) is 0.545. The number of para-hydroxylation sites is 1. The number of carbonyl (C=O) groups is 2. The first-order chi connectivity index (χ1) is 15.1. The van der Waals surface area contributed by atoms with Crippen molar-refractivity contribution in [1.82, 2.24) is 4.90 Å². The van der Waals surface area contributed by atoms with Crippen molar-refractivity contribution in [2.75, 3.05) is 38.7 Å². The molecule has 160 valence electrons. The molecule has 1 aliphatic rings. The summed E-state index contributed by atoms with van der Waals surface area (Å²) < 4.78 is 17.4. The van der Waals surface area contributed by atoms with Gasteiger partial charge in [-0.25, -0.2) is 0 Å². The van der Waals surface area contributed by atoms with Crippen molar-refractivity contribution in [2.45, 2.75) is 0 Å². The summed E-state index contributed by atoms with van der Waals surface area (Å²) >= 11 is 3.42. The monoisotopic (exact) mass is 484 g/mol. The molecule has 3 aromatic rings. The molecule has 2 amide bonds. The lowest BCUT2D eigenvalue weighted by Crippen LogP contribution is -2.40. The number of methoxy groups -OCH3 is 1. The normalized spacial score (nSPS) is 14.2. The Bertz CT molecular complexity index is 1150. The number of nitrogens with zero attached hydrogens (tertiary/aromatic N) is 1. The Kier molecular flexibility index (Phi) is 6.39. The van der Waals surface area contributed by atoms with Gasteiger partial charge in [-0.3, -0.25) is 9.59 Å². The van der Waals surface area contributed by atoms with E-state index >= 15 is 0 Å². The van der Waals surface area contributed by atoms with E-state index in [1.54, 1.807) is 24.2 Å². The number of nitrogens with one attached hydrogen (secondary N) is 1. The van der Waals surface area contributed by atoms with Crippen LogP contribution in [-0.4, -0.2) is 50.1 Å². The maximum absolute atomic E-state index is 13.1. The molecule has 1 aliphatic heterocycles. The maximum Gasteiger partial charge on any atom is 0.291 e. The number of anilines is 1. The topological polar surface area (TPSA) is 81.0 Å². The van der Waals surface area contributed by atoms with Crippen LogP contribution in [0.15, 0.2) is 57.4 Å². The van der Waals surface area contributed by atoms with Gasteiger partial charge >= 0.3 is 0 Å². The van der Waals surface area contributed by atoms with E-state index in [2.05, 4.69) is 21.2 Å². The summed E-state index contributed by atoms with van der Waals surface area (Å²) in [5, 5.41) is 3.49. The summed E-state index contributed by atoms with van der Waals surface area (Å²) in [7, 11) is 1.57. The van der Waals surface area contributed by atoms with Crippen molar-refractivity contribution in [3.8, 4) is 5.75 Å². The van der Waals surface area contributed by atoms with Crippen LogP contribution in [0.5, 0.6) is 5.75 Å². The molecule has 2 heterocycles. The molecule has 31 heavy (non-hydrogen) atoms. The highest BCUT2D eigenvalue weighted by atomic mass is 79.9. The highest BCUT2D eigenvalue weighted by Crippen LogP contribution is 2.32. The van der Waals surface area contributed by atoms with Crippen LogP contribution in [0.4, 0.5) is 5.69 Å². The van der Waals surface area contributed by atoms with E-state index in [1.807, 2.05) is 36.4 Å². The minimum Gasteiger partial charge on any atom is -0.496 e. The van der Waals surface area contributed by atoms with Crippen LogP contribution < -0.4 is 10.1 Å². The van der Waals surface area contributed by atoms with E-state index in [1.165, 1.54) is 6.08 Å². The molecule has 1 N–H and O–H groups in total. The lowest BCUT2D eigenvalue weighted by molar-refractivity contribution is -0.111. The zero-order valence-electron chi connectivity index (χ0n) is 16.9. The van der Waals surface area contributed by atoms with Crippen LogP contribution in [-0.2, 0) is 9.53 Å². The Balaban J connectivity index is 1.62. The van der Waals surface area contributed by atoms with E-state index in [-0.39, 0.29) is 17.6 Å². The van der Waals surface area contributed by atoms with Gasteiger partial charge in [0, 0.05) is 34.6 Å². The Hall–Kier alpha value is -3.10. The third kappa shape index (κ3) is 4.65. The van der Waals surface area contributed by atoms with Crippen molar-refractivity contribution >= 4 is 50.5 Å². The fourth-order valence-electron chi connectivity index (χ4n) is 3.40. The van der Waals surface area contributed by atoms with Gasteiger partial charge in [-0.15, -0.1) is 0 Å². The molecule has 0 atom stereocenters. The maximum atomic E-state index is 13.1. The smallest absolute Gasteiger partial charge is 0.291 e. The zero-order chi connectivity index (χ0) is 21.8. The minimum atomic E-state index is -0.385. The predicted molar refractivity (Wildman–Crippen MR) is 121 cm³/mol. The molecule has 0 aliphatic carbocycles. The Morgan fingerprint density at radius 2 is 1.94 bits per heavy atom.